The monoisotopic (exact) mass is 266 g/mol. The van der Waals surface area contributed by atoms with E-state index in [0.717, 1.165) is 16.6 Å². The average molecular weight is 266 g/mol. The summed E-state index contributed by atoms with van der Waals surface area (Å²) in [6, 6.07) is 11.4. The van der Waals surface area contributed by atoms with Gasteiger partial charge < -0.3 is 5.73 Å². The zero-order valence-corrected chi connectivity index (χ0v) is 11.1. The van der Waals surface area contributed by atoms with Gasteiger partial charge in [-0.15, -0.1) is 0 Å². The first kappa shape index (κ1) is 12.3. The number of nitrogens with zero attached hydrogens (tertiary/aromatic N) is 3. The Hall–Kier alpha value is -2.69. The first-order chi connectivity index (χ1) is 9.65. The summed E-state index contributed by atoms with van der Waals surface area (Å²) in [6.07, 6.45) is 2.04. The number of carbonyl (C=O) groups is 1. The van der Waals surface area contributed by atoms with Crippen LogP contribution in [0.2, 0.25) is 0 Å². The van der Waals surface area contributed by atoms with Crippen molar-refractivity contribution < 1.29 is 4.79 Å². The molecule has 0 bridgehead atoms. The van der Waals surface area contributed by atoms with Crippen LogP contribution in [-0.4, -0.2) is 20.5 Å². The van der Waals surface area contributed by atoms with E-state index in [-0.39, 0.29) is 5.78 Å². The van der Waals surface area contributed by atoms with E-state index in [1.54, 1.807) is 16.9 Å². The second-order valence-corrected chi connectivity index (χ2v) is 4.70. The summed E-state index contributed by atoms with van der Waals surface area (Å²) < 4.78 is 1.66. The highest BCUT2D eigenvalue weighted by molar-refractivity contribution is 5.87. The normalized spacial score (nSPS) is 10.8. The van der Waals surface area contributed by atoms with Crippen LogP contribution in [0.15, 0.2) is 42.6 Å². The summed E-state index contributed by atoms with van der Waals surface area (Å²) in [6.45, 7) is 1.54. The number of rotatable bonds is 3. The molecule has 2 aromatic heterocycles. The Morgan fingerprint density at radius 1 is 1.30 bits per heavy atom. The van der Waals surface area contributed by atoms with Gasteiger partial charge in [0.05, 0.1) is 23.3 Å². The summed E-state index contributed by atoms with van der Waals surface area (Å²) in [5.41, 5.74) is 8.43. The molecule has 1 aromatic carbocycles. The molecular formula is C15H14N4O. The van der Waals surface area contributed by atoms with Crippen molar-refractivity contribution in [3.8, 4) is 5.69 Å². The fourth-order valence-electron chi connectivity index (χ4n) is 2.25. The lowest BCUT2D eigenvalue weighted by molar-refractivity contribution is -0.116. The van der Waals surface area contributed by atoms with Gasteiger partial charge in [0.25, 0.3) is 0 Å². The van der Waals surface area contributed by atoms with Gasteiger partial charge in [0.15, 0.2) is 0 Å². The van der Waals surface area contributed by atoms with Crippen molar-refractivity contribution in [1.29, 1.82) is 0 Å². The number of nitrogens with two attached hydrogens (primary N) is 1. The molecule has 2 heterocycles. The Balaban J connectivity index is 2.16. The lowest BCUT2D eigenvalue weighted by atomic mass is 10.2. The van der Waals surface area contributed by atoms with Gasteiger partial charge in [-0.05, 0) is 31.2 Å². The fraction of sp³-hybridized carbons (Fsp3) is 0.133. The van der Waals surface area contributed by atoms with Crippen molar-refractivity contribution in [2.24, 2.45) is 0 Å². The molecule has 2 N–H and O–H groups in total. The fourth-order valence-corrected chi connectivity index (χ4v) is 2.25. The molecule has 0 saturated carbocycles. The van der Waals surface area contributed by atoms with Gasteiger partial charge >= 0.3 is 0 Å². The van der Waals surface area contributed by atoms with Crippen LogP contribution in [0, 0.1) is 0 Å². The highest BCUT2D eigenvalue weighted by Crippen LogP contribution is 2.23. The predicted octanol–water partition coefficient (Wildman–Crippen LogP) is 2.13. The largest absolute Gasteiger partial charge is 0.384 e. The van der Waals surface area contributed by atoms with Gasteiger partial charge in [0, 0.05) is 17.6 Å². The third-order valence-corrected chi connectivity index (χ3v) is 3.07. The smallest absolute Gasteiger partial charge is 0.135 e. The van der Waals surface area contributed by atoms with Crippen LogP contribution in [0.4, 0.5) is 5.82 Å². The molecule has 0 saturated heterocycles. The lowest BCUT2D eigenvalue weighted by Crippen LogP contribution is -2.03. The Kier molecular flexibility index (Phi) is 2.95. The maximum Gasteiger partial charge on any atom is 0.135 e. The number of anilines is 1. The number of benzene rings is 1. The van der Waals surface area contributed by atoms with Gasteiger partial charge in [-0.2, -0.15) is 5.10 Å². The number of carbonyl (C=O) groups excluding carboxylic acids is 1. The number of pyridine rings is 1. The molecule has 0 unspecified atom stereocenters. The highest BCUT2D eigenvalue weighted by Gasteiger charge is 2.11. The minimum Gasteiger partial charge on any atom is -0.384 e. The molecule has 0 radical (unpaired) electrons. The van der Waals surface area contributed by atoms with E-state index in [2.05, 4.69) is 10.1 Å². The standard InChI is InChI=1S/C15H14N4O/c1-10(20)8-11-9-15(16)19(18-11)14-6-2-5-13-12(14)4-3-7-17-13/h2-7,9H,8,16H2,1H3. The summed E-state index contributed by atoms with van der Waals surface area (Å²) in [7, 11) is 0. The van der Waals surface area contributed by atoms with Gasteiger partial charge in [-0.1, -0.05) is 6.07 Å². The molecule has 0 fully saturated rings. The lowest BCUT2D eigenvalue weighted by Gasteiger charge is -2.07. The molecular weight excluding hydrogens is 252 g/mol. The summed E-state index contributed by atoms with van der Waals surface area (Å²) in [5, 5.41) is 5.38. The Morgan fingerprint density at radius 2 is 2.15 bits per heavy atom. The summed E-state index contributed by atoms with van der Waals surface area (Å²) in [5.74, 6) is 0.576. The predicted molar refractivity (Wildman–Crippen MR) is 77.7 cm³/mol. The SMILES string of the molecule is CC(=O)Cc1cc(N)n(-c2cccc3ncccc23)n1. The Labute approximate surface area is 116 Å². The number of hydrogen-bond acceptors (Lipinski definition) is 4. The van der Waals surface area contributed by atoms with Crippen LogP contribution in [0.1, 0.15) is 12.6 Å². The molecule has 100 valence electrons. The Bertz CT molecular complexity index is 786. The molecule has 0 atom stereocenters. The van der Waals surface area contributed by atoms with E-state index in [0.29, 0.717) is 17.9 Å². The van der Waals surface area contributed by atoms with Crippen LogP contribution < -0.4 is 5.73 Å². The minimum absolute atomic E-state index is 0.0641. The summed E-state index contributed by atoms with van der Waals surface area (Å²) in [4.78, 5) is 15.5. The molecule has 5 heteroatoms. The van der Waals surface area contributed by atoms with Gasteiger partial charge in [0.2, 0.25) is 0 Å². The number of ketones is 1. The maximum atomic E-state index is 11.2. The molecule has 0 aliphatic rings. The quantitative estimate of drug-likeness (QED) is 0.788. The van der Waals surface area contributed by atoms with Crippen molar-refractivity contribution in [2.45, 2.75) is 13.3 Å². The molecule has 3 rings (SSSR count). The van der Waals surface area contributed by atoms with Crippen LogP contribution in [0.25, 0.3) is 16.6 Å². The average Bonchev–Trinajstić information content (AvgIpc) is 2.78. The molecule has 0 aliphatic carbocycles. The van der Waals surface area contributed by atoms with Crippen molar-refractivity contribution in [3.63, 3.8) is 0 Å². The third-order valence-electron chi connectivity index (χ3n) is 3.07. The number of Topliss-reactive ketones (excluding diaryl/α,β-unsaturated/α-hetero) is 1. The number of nitrogen functional groups attached to an aromatic ring is 1. The van der Waals surface area contributed by atoms with Crippen LogP contribution in [-0.2, 0) is 11.2 Å². The van der Waals surface area contributed by atoms with E-state index < -0.39 is 0 Å². The maximum absolute atomic E-state index is 11.2. The van der Waals surface area contributed by atoms with E-state index in [4.69, 9.17) is 5.73 Å². The number of hydrogen-bond donors (Lipinski definition) is 1. The molecule has 5 nitrogen and oxygen atoms in total. The molecule has 20 heavy (non-hydrogen) atoms. The van der Waals surface area contributed by atoms with Gasteiger partial charge in [-0.3, -0.25) is 9.78 Å². The topological polar surface area (TPSA) is 73.8 Å². The molecule has 3 aromatic rings. The number of aromatic nitrogens is 3. The Morgan fingerprint density at radius 3 is 2.95 bits per heavy atom. The zero-order chi connectivity index (χ0) is 14.1. The molecule has 0 aliphatic heterocycles. The van der Waals surface area contributed by atoms with Crippen LogP contribution in [0.3, 0.4) is 0 Å². The molecule has 0 spiro atoms. The molecule has 0 amide bonds. The van der Waals surface area contributed by atoms with Crippen molar-refractivity contribution in [1.82, 2.24) is 14.8 Å². The van der Waals surface area contributed by atoms with E-state index in [9.17, 15) is 4.79 Å². The first-order valence-corrected chi connectivity index (χ1v) is 6.33. The zero-order valence-electron chi connectivity index (χ0n) is 11.1. The number of fused-ring (bicyclic) bond motifs is 1. The second kappa shape index (κ2) is 4.77. The van der Waals surface area contributed by atoms with E-state index in [1.165, 1.54) is 6.92 Å². The van der Waals surface area contributed by atoms with Crippen molar-refractivity contribution >= 4 is 22.5 Å². The van der Waals surface area contributed by atoms with Crippen LogP contribution >= 0.6 is 0 Å². The van der Waals surface area contributed by atoms with E-state index in [1.807, 2.05) is 30.3 Å². The third kappa shape index (κ3) is 2.14. The second-order valence-electron chi connectivity index (χ2n) is 4.70. The van der Waals surface area contributed by atoms with Gasteiger partial charge in [-0.25, -0.2) is 4.68 Å². The van der Waals surface area contributed by atoms with Crippen molar-refractivity contribution in [3.05, 3.63) is 48.3 Å². The van der Waals surface area contributed by atoms with E-state index >= 15 is 0 Å². The van der Waals surface area contributed by atoms with Crippen LogP contribution in [0.5, 0.6) is 0 Å². The first-order valence-electron chi connectivity index (χ1n) is 6.33. The van der Waals surface area contributed by atoms with Gasteiger partial charge in [0.1, 0.15) is 11.6 Å². The highest BCUT2D eigenvalue weighted by atomic mass is 16.1. The summed E-state index contributed by atoms with van der Waals surface area (Å²) >= 11 is 0. The minimum atomic E-state index is 0.0641. The van der Waals surface area contributed by atoms with Crippen molar-refractivity contribution in [2.75, 3.05) is 5.73 Å².